The average Bonchev–Trinajstić information content (AvgIpc) is 2.92. The molecule has 0 saturated heterocycles. The van der Waals surface area contributed by atoms with E-state index in [9.17, 15) is 9.59 Å². The summed E-state index contributed by atoms with van der Waals surface area (Å²) in [6.45, 7) is 3.78. The van der Waals surface area contributed by atoms with Gasteiger partial charge in [0.15, 0.2) is 6.61 Å². The van der Waals surface area contributed by atoms with Gasteiger partial charge in [0.05, 0.1) is 9.21 Å². The van der Waals surface area contributed by atoms with Crippen LogP contribution in [0.25, 0.3) is 0 Å². The molecule has 2 aromatic rings. The normalized spacial score (nSPS) is 10.1. The largest absolute Gasteiger partial charge is 0.484 e. The molecule has 1 heterocycles. The summed E-state index contributed by atoms with van der Waals surface area (Å²) < 4.78 is 5.87. The smallest absolute Gasteiger partial charge is 0.279 e. The predicted molar refractivity (Wildman–Crippen MR) is 86.3 cm³/mol. The molecule has 0 unspecified atom stereocenters. The van der Waals surface area contributed by atoms with Crippen molar-refractivity contribution in [2.45, 2.75) is 13.8 Å². The van der Waals surface area contributed by atoms with Crippen molar-refractivity contribution in [2.75, 3.05) is 6.61 Å². The second-order valence-electron chi connectivity index (χ2n) is 4.64. The lowest BCUT2D eigenvalue weighted by molar-refractivity contribution is -0.123. The van der Waals surface area contributed by atoms with Gasteiger partial charge >= 0.3 is 0 Å². The number of hydrogen-bond donors (Lipinski definition) is 2. The molecular weight excluding hydrogens is 324 g/mol. The molecule has 1 aromatic carbocycles. The molecule has 2 rings (SSSR count). The van der Waals surface area contributed by atoms with Gasteiger partial charge in [0.1, 0.15) is 5.75 Å². The highest BCUT2D eigenvalue weighted by Crippen LogP contribution is 2.20. The summed E-state index contributed by atoms with van der Waals surface area (Å²) >= 11 is 6.87. The number of rotatable bonds is 4. The molecule has 0 saturated carbocycles. The molecule has 0 radical (unpaired) electrons. The van der Waals surface area contributed by atoms with E-state index >= 15 is 0 Å². The molecule has 2 N–H and O–H groups in total. The molecule has 0 fully saturated rings. The van der Waals surface area contributed by atoms with E-state index in [0.29, 0.717) is 15.0 Å². The summed E-state index contributed by atoms with van der Waals surface area (Å²) in [5.74, 6) is -0.264. The summed E-state index contributed by atoms with van der Waals surface area (Å²) in [6.07, 6.45) is 0. The third kappa shape index (κ3) is 4.47. The Bertz CT molecular complexity index is 700. The summed E-state index contributed by atoms with van der Waals surface area (Å²) in [6, 6.07) is 8.77. The molecule has 1 aromatic heterocycles. The molecule has 0 aliphatic rings. The molecule has 22 heavy (non-hydrogen) atoms. The van der Waals surface area contributed by atoms with Crippen molar-refractivity contribution in [2.24, 2.45) is 0 Å². The Labute approximate surface area is 137 Å². The maximum absolute atomic E-state index is 11.7. The Balaban J connectivity index is 1.78. The minimum absolute atomic E-state index is 0.187. The third-order valence-corrected chi connectivity index (χ3v) is 4.19. The van der Waals surface area contributed by atoms with Crippen molar-refractivity contribution >= 4 is 34.8 Å². The van der Waals surface area contributed by atoms with Gasteiger partial charge in [-0.25, -0.2) is 0 Å². The molecule has 0 atom stereocenters. The maximum Gasteiger partial charge on any atom is 0.279 e. The highest BCUT2D eigenvalue weighted by molar-refractivity contribution is 7.17. The first-order valence-electron chi connectivity index (χ1n) is 6.50. The van der Waals surface area contributed by atoms with Gasteiger partial charge in [0, 0.05) is 0 Å². The number of hydrogen-bond acceptors (Lipinski definition) is 4. The molecule has 2 amide bonds. The standard InChI is InChI=1S/C15H15ClN2O3S/c1-9-3-4-11(7-10(9)2)21-8-14(19)17-18-15(20)12-5-6-13(16)22-12/h3-7H,8H2,1-2H3,(H,17,19)(H,18,20). The van der Waals surface area contributed by atoms with E-state index in [1.807, 2.05) is 26.0 Å². The Hall–Kier alpha value is -2.05. The van der Waals surface area contributed by atoms with Crippen LogP contribution in [0.15, 0.2) is 30.3 Å². The topological polar surface area (TPSA) is 67.4 Å². The summed E-state index contributed by atoms with van der Waals surface area (Å²) in [7, 11) is 0. The fraction of sp³-hybridized carbons (Fsp3) is 0.200. The van der Waals surface area contributed by atoms with Crippen LogP contribution in [0.4, 0.5) is 0 Å². The second kappa shape index (κ2) is 7.29. The Morgan fingerprint density at radius 1 is 1.14 bits per heavy atom. The van der Waals surface area contributed by atoms with Crippen LogP contribution in [-0.4, -0.2) is 18.4 Å². The molecule has 0 spiro atoms. The monoisotopic (exact) mass is 338 g/mol. The number of ether oxygens (including phenoxy) is 1. The average molecular weight is 339 g/mol. The van der Waals surface area contributed by atoms with Crippen LogP contribution in [0.1, 0.15) is 20.8 Å². The molecule has 0 bridgehead atoms. The van der Waals surface area contributed by atoms with E-state index in [4.69, 9.17) is 16.3 Å². The lowest BCUT2D eigenvalue weighted by atomic mass is 10.1. The Morgan fingerprint density at radius 3 is 2.55 bits per heavy atom. The fourth-order valence-corrected chi connectivity index (χ4v) is 2.55. The molecule has 7 heteroatoms. The zero-order valence-electron chi connectivity index (χ0n) is 12.1. The number of carbonyl (C=O) groups is 2. The van der Waals surface area contributed by atoms with Gasteiger partial charge in [-0.05, 0) is 49.2 Å². The minimum atomic E-state index is -0.450. The van der Waals surface area contributed by atoms with Crippen molar-refractivity contribution in [1.29, 1.82) is 0 Å². The number of thiophene rings is 1. The first kappa shape index (κ1) is 16.3. The SMILES string of the molecule is Cc1ccc(OCC(=O)NNC(=O)c2ccc(Cl)s2)cc1C. The van der Waals surface area contributed by atoms with Gasteiger partial charge in [-0.15, -0.1) is 11.3 Å². The zero-order valence-corrected chi connectivity index (χ0v) is 13.7. The van der Waals surface area contributed by atoms with Crippen LogP contribution >= 0.6 is 22.9 Å². The van der Waals surface area contributed by atoms with E-state index in [0.717, 1.165) is 22.5 Å². The predicted octanol–water partition coefficient (Wildman–Crippen LogP) is 2.86. The number of carbonyl (C=O) groups excluding carboxylic acids is 2. The lowest BCUT2D eigenvalue weighted by Gasteiger charge is -2.09. The fourth-order valence-electron chi connectivity index (χ4n) is 1.61. The Kier molecular flexibility index (Phi) is 5.41. The third-order valence-electron chi connectivity index (χ3n) is 2.96. The van der Waals surface area contributed by atoms with Crippen molar-refractivity contribution in [3.05, 3.63) is 50.7 Å². The van der Waals surface area contributed by atoms with Gasteiger partial charge in [-0.2, -0.15) is 0 Å². The van der Waals surface area contributed by atoms with Gasteiger partial charge in [0.2, 0.25) is 0 Å². The number of hydrazine groups is 1. The number of amides is 2. The molecule has 116 valence electrons. The number of benzene rings is 1. The first-order chi connectivity index (χ1) is 10.5. The summed E-state index contributed by atoms with van der Waals surface area (Å²) in [4.78, 5) is 23.8. The highest BCUT2D eigenvalue weighted by Gasteiger charge is 2.10. The minimum Gasteiger partial charge on any atom is -0.484 e. The lowest BCUT2D eigenvalue weighted by Crippen LogP contribution is -2.43. The number of aryl methyl sites for hydroxylation is 2. The van der Waals surface area contributed by atoms with Gasteiger partial charge in [-0.1, -0.05) is 17.7 Å². The number of halogens is 1. The summed E-state index contributed by atoms with van der Waals surface area (Å²) in [5.41, 5.74) is 6.82. The van der Waals surface area contributed by atoms with Crippen molar-refractivity contribution < 1.29 is 14.3 Å². The molecule has 5 nitrogen and oxygen atoms in total. The van der Waals surface area contributed by atoms with E-state index in [2.05, 4.69) is 10.9 Å². The molecule has 0 aliphatic heterocycles. The molecular formula is C15H15ClN2O3S. The van der Waals surface area contributed by atoms with Crippen LogP contribution in [0.5, 0.6) is 5.75 Å². The van der Waals surface area contributed by atoms with Crippen LogP contribution < -0.4 is 15.6 Å². The van der Waals surface area contributed by atoms with Gasteiger partial charge < -0.3 is 4.74 Å². The van der Waals surface area contributed by atoms with E-state index in [1.165, 1.54) is 0 Å². The van der Waals surface area contributed by atoms with E-state index in [-0.39, 0.29) is 6.61 Å². The van der Waals surface area contributed by atoms with Crippen molar-refractivity contribution in [3.63, 3.8) is 0 Å². The molecule has 0 aliphatic carbocycles. The first-order valence-corrected chi connectivity index (χ1v) is 7.70. The van der Waals surface area contributed by atoms with Crippen LogP contribution in [-0.2, 0) is 4.79 Å². The second-order valence-corrected chi connectivity index (χ2v) is 6.36. The quantitative estimate of drug-likeness (QED) is 0.842. The van der Waals surface area contributed by atoms with Crippen LogP contribution in [0.2, 0.25) is 4.34 Å². The van der Waals surface area contributed by atoms with Crippen LogP contribution in [0, 0.1) is 13.8 Å². The summed E-state index contributed by atoms with van der Waals surface area (Å²) in [5, 5.41) is 0. The van der Waals surface area contributed by atoms with Gasteiger partial charge in [0.25, 0.3) is 11.8 Å². The maximum atomic E-state index is 11.7. The highest BCUT2D eigenvalue weighted by atomic mass is 35.5. The Morgan fingerprint density at radius 2 is 1.91 bits per heavy atom. The van der Waals surface area contributed by atoms with E-state index in [1.54, 1.807) is 18.2 Å². The van der Waals surface area contributed by atoms with Crippen molar-refractivity contribution in [3.8, 4) is 5.75 Å². The van der Waals surface area contributed by atoms with Crippen LogP contribution in [0.3, 0.4) is 0 Å². The van der Waals surface area contributed by atoms with Crippen molar-refractivity contribution in [1.82, 2.24) is 10.9 Å². The van der Waals surface area contributed by atoms with Gasteiger partial charge in [-0.3, -0.25) is 20.4 Å². The zero-order chi connectivity index (χ0) is 16.1. The van der Waals surface area contributed by atoms with E-state index < -0.39 is 11.8 Å². The number of nitrogens with one attached hydrogen (secondary N) is 2.